The Bertz CT molecular complexity index is 963. The Morgan fingerprint density at radius 1 is 0.968 bits per heavy atom. The number of hydrogen-bond donors (Lipinski definition) is 0. The molecule has 3 rings (SSSR count). The molecule has 2 amide bonds. The maximum absolute atomic E-state index is 12.8. The third kappa shape index (κ3) is 5.40. The van der Waals surface area contributed by atoms with Gasteiger partial charge in [0.15, 0.2) is 11.5 Å². The molecule has 0 bridgehead atoms. The number of amides is 2. The highest BCUT2D eigenvalue weighted by atomic mass is 32.2. The van der Waals surface area contributed by atoms with E-state index in [1.807, 2.05) is 0 Å². The fourth-order valence-corrected chi connectivity index (χ4v) is 3.78. The van der Waals surface area contributed by atoms with Crippen molar-refractivity contribution in [3.8, 4) is 11.5 Å². The molecule has 2 heterocycles. The van der Waals surface area contributed by atoms with E-state index in [2.05, 4.69) is 4.98 Å². The Hall–Kier alpha value is -2.95. The van der Waals surface area contributed by atoms with E-state index in [-0.39, 0.29) is 42.7 Å². The molecule has 31 heavy (non-hydrogen) atoms. The molecule has 0 atom stereocenters. The minimum atomic E-state index is -4.55. The van der Waals surface area contributed by atoms with E-state index in [1.54, 1.807) is 23.1 Å². The number of pyridine rings is 1. The van der Waals surface area contributed by atoms with E-state index in [4.69, 9.17) is 9.47 Å². The molecule has 1 fully saturated rings. The van der Waals surface area contributed by atoms with Gasteiger partial charge < -0.3 is 19.3 Å². The number of alkyl halides is 3. The molecule has 0 unspecified atom stereocenters. The molecule has 1 aromatic carbocycles. The minimum absolute atomic E-state index is 0.107. The molecule has 0 N–H and O–H groups in total. The van der Waals surface area contributed by atoms with Gasteiger partial charge in [-0.05, 0) is 30.3 Å². The zero-order chi connectivity index (χ0) is 22.6. The quantitative estimate of drug-likeness (QED) is 0.645. The molecule has 166 valence electrons. The van der Waals surface area contributed by atoms with E-state index in [1.165, 1.54) is 37.4 Å². The van der Waals surface area contributed by atoms with Crippen LogP contribution < -0.4 is 9.47 Å². The molecule has 0 radical (unpaired) electrons. The molecule has 1 aromatic heterocycles. The van der Waals surface area contributed by atoms with Crippen molar-refractivity contribution in [3.63, 3.8) is 0 Å². The van der Waals surface area contributed by atoms with Gasteiger partial charge in [0.05, 0.1) is 19.8 Å². The first-order valence-corrected chi connectivity index (χ1v) is 10.1. The average molecular weight is 455 g/mol. The van der Waals surface area contributed by atoms with Crippen LogP contribution in [0.5, 0.6) is 11.5 Å². The molecule has 1 aliphatic rings. The number of methoxy groups -OCH3 is 2. The van der Waals surface area contributed by atoms with Crippen LogP contribution in [0, 0.1) is 0 Å². The van der Waals surface area contributed by atoms with Crippen molar-refractivity contribution in [2.75, 3.05) is 40.4 Å². The number of carbonyl (C=O) groups excluding carboxylic acids is 2. The van der Waals surface area contributed by atoms with E-state index in [0.29, 0.717) is 17.1 Å². The maximum atomic E-state index is 12.8. The Morgan fingerprint density at radius 2 is 1.58 bits per heavy atom. The lowest BCUT2D eigenvalue weighted by Crippen LogP contribution is -2.50. The van der Waals surface area contributed by atoms with Crippen molar-refractivity contribution in [2.45, 2.75) is 10.5 Å². The van der Waals surface area contributed by atoms with Gasteiger partial charge in [0.25, 0.3) is 11.8 Å². The Kier molecular flexibility index (Phi) is 6.94. The molecule has 11 heteroatoms. The maximum Gasteiger partial charge on any atom is 0.447 e. The summed E-state index contributed by atoms with van der Waals surface area (Å²) in [5.41, 5.74) is -4.24. The fourth-order valence-electron chi connectivity index (χ4n) is 3.18. The smallest absolute Gasteiger partial charge is 0.447 e. The molecular formula is C20H20F3N3O4S. The number of piperazine rings is 1. The lowest BCUT2D eigenvalue weighted by molar-refractivity contribution is -0.0329. The summed E-state index contributed by atoms with van der Waals surface area (Å²) >= 11 is -0.416. The summed E-state index contributed by atoms with van der Waals surface area (Å²) < 4.78 is 48.7. The monoisotopic (exact) mass is 455 g/mol. The largest absolute Gasteiger partial charge is 0.493 e. The van der Waals surface area contributed by atoms with Gasteiger partial charge in [-0.25, -0.2) is 4.98 Å². The van der Waals surface area contributed by atoms with Gasteiger partial charge >= 0.3 is 5.51 Å². The average Bonchev–Trinajstić information content (AvgIpc) is 2.77. The minimum Gasteiger partial charge on any atom is -0.493 e. The van der Waals surface area contributed by atoms with Crippen LogP contribution in [0.2, 0.25) is 0 Å². The van der Waals surface area contributed by atoms with Crippen molar-refractivity contribution in [2.24, 2.45) is 0 Å². The predicted molar refractivity (Wildman–Crippen MR) is 108 cm³/mol. The summed E-state index contributed by atoms with van der Waals surface area (Å²) in [5.74, 6) is 0.146. The standard InChI is InChI=1S/C20H20F3N3O4S/c1-29-15-6-5-13(12-16(15)30-2)18(27)25-8-10-26(11-9-25)19(28)14-4-3-7-24-17(14)31-20(21,22)23/h3-7,12H,8-11H2,1-2H3. The molecule has 2 aromatic rings. The molecule has 7 nitrogen and oxygen atoms in total. The van der Waals surface area contributed by atoms with Crippen molar-refractivity contribution < 1.29 is 32.2 Å². The molecule has 0 saturated carbocycles. The van der Waals surface area contributed by atoms with E-state index in [0.717, 1.165) is 0 Å². The Balaban J connectivity index is 1.67. The van der Waals surface area contributed by atoms with Gasteiger partial charge in [0, 0.05) is 49.7 Å². The lowest BCUT2D eigenvalue weighted by Gasteiger charge is -2.35. The summed E-state index contributed by atoms with van der Waals surface area (Å²) in [6.07, 6.45) is 1.21. The number of rotatable bonds is 5. The van der Waals surface area contributed by atoms with Crippen molar-refractivity contribution in [1.82, 2.24) is 14.8 Å². The van der Waals surface area contributed by atoms with Gasteiger partial charge in [-0.15, -0.1) is 0 Å². The second kappa shape index (κ2) is 9.46. The molecular weight excluding hydrogens is 435 g/mol. The van der Waals surface area contributed by atoms with Crippen LogP contribution in [0.25, 0.3) is 0 Å². The van der Waals surface area contributed by atoms with Crippen LogP contribution in [0.1, 0.15) is 20.7 Å². The van der Waals surface area contributed by atoms with E-state index >= 15 is 0 Å². The summed E-state index contributed by atoms with van der Waals surface area (Å²) in [6.45, 7) is 0.896. The Labute approximate surface area is 181 Å². The summed E-state index contributed by atoms with van der Waals surface area (Å²) in [6, 6.07) is 7.58. The van der Waals surface area contributed by atoms with Gasteiger partial charge in [-0.1, -0.05) is 0 Å². The van der Waals surface area contributed by atoms with E-state index in [9.17, 15) is 22.8 Å². The SMILES string of the molecule is COc1ccc(C(=O)N2CCN(C(=O)c3cccnc3SC(F)(F)F)CC2)cc1OC. The number of nitrogens with zero attached hydrogens (tertiary/aromatic N) is 3. The summed E-state index contributed by atoms with van der Waals surface area (Å²) in [7, 11) is 2.97. The fraction of sp³-hybridized carbons (Fsp3) is 0.350. The first-order chi connectivity index (χ1) is 14.7. The number of carbonyl (C=O) groups is 2. The topological polar surface area (TPSA) is 72.0 Å². The van der Waals surface area contributed by atoms with Crippen LogP contribution in [0.4, 0.5) is 13.2 Å². The van der Waals surface area contributed by atoms with Crippen molar-refractivity contribution >= 4 is 23.6 Å². The van der Waals surface area contributed by atoms with Gasteiger partial charge in [0.2, 0.25) is 0 Å². The second-order valence-electron chi connectivity index (χ2n) is 6.56. The number of aromatic nitrogens is 1. The van der Waals surface area contributed by atoms with E-state index < -0.39 is 23.2 Å². The molecule has 1 aliphatic heterocycles. The van der Waals surface area contributed by atoms with Crippen LogP contribution in [0.15, 0.2) is 41.6 Å². The van der Waals surface area contributed by atoms with Crippen LogP contribution in [0.3, 0.4) is 0 Å². The predicted octanol–water partition coefficient (Wildman–Crippen LogP) is 3.31. The highest BCUT2D eigenvalue weighted by molar-refractivity contribution is 8.00. The molecule has 0 aliphatic carbocycles. The highest BCUT2D eigenvalue weighted by Gasteiger charge is 2.34. The van der Waals surface area contributed by atoms with Gasteiger partial charge in [-0.3, -0.25) is 9.59 Å². The zero-order valence-electron chi connectivity index (χ0n) is 16.8. The number of hydrogen-bond acceptors (Lipinski definition) is 6. The van der Waals surface area contributed by atoms with Crippen molar-refractivity contribution in [1.29, 1.82) is 0 Å². The van der Waals surface area contributed by atoms with Crippen molar-refractivity contribution in [3.05, 3.63) is 47.7 Å². The normalized spacial score (nSPS) is 14.4. The first-order valence-electron chi connectivity index (χ1n) is 9.25. The summed E-state index contributed by atoms with van der Waals surface area (Å²) in [5, 5.41) is -0.385. The third-order valence-corrected chi connectivity index (χ3v) is 5.45. The zero-order valence-corrected chi connectivity index (χ0v) is 17.6. The number of ether oxygens (including phenoxy) is 2. The van der Waals surface area contributed by atoms with Gasteiger partial charge in [0.1, 0.15) is 5.03 Å². The first kappa shape index (κ1) is 22.7. The number of benzene rings is 1. The van der Waals surface area contributed by atoms with Crippen LogP contribution in [-0.2, 0) is 0 Å². The van der Waals surface area contributed by atoms with Gasteiger partial charge in [-0.2, -0.15) is 13.2 Å². The number of thioether (sulfide) groups is 1. The Morgan fingerprint density at radius 3 is 2.16 bits per heavy atom. The molecule has 1 saturated heterocycles. The lowest BCUT2D eigenvalue weighted by atomic mass is 10.1. The highest BCUT2D eigenvalue weighted by Crippen LogP contribution is 2.37. The summed E-state index contributed by atoms with van der Waals surface area (Å²) in [4.78, 5) is 32.3. The third-order valence-electron chi connectivity index (χ3n) is 4.70. The van der Waals surface area contributed by atoms with Crippen LogP contribution >= 0.6 is 11.8 Å². The molecule has 0 spiro atoms. The number of halogens is 3. The van der Waals surface area contributed by atoms with Crippen LogP contribution in [-0.4, -0.2) is 72.5 Å². The second-order valence-corrected chi connectivity index (χ2v) is 7.61.